The third-order valence-corrected chi connectivity index (χ3v) is 1.71. The Morgan fingerprint density at radius 1 is 0.533 bits per heavy atom. The van der Waals surface area contributed by atoms with Gasteiger partial charge in [-0.1, -0.05) is 27.7 Å². The second kappa shape index (κ2) is 24.1. The third kappa shape index (κ3) is 31.3. The number of rotatable bonds is 8. The number of hydrogen-bond donors (Lipinski definition) is 2. The predicted molar refractivity (Wildman–Crippen MR) is 66.9 cm³/mol. The van der Waals surface area contributed by atoms with E-state index in [9.17, 15) is 0 Å². The molecule has 0 aromatic heterocycles. The zero-order chi connectivity index (χ0) is 11.1. The maximum Gasteiger partial charge on any atom is 0 e. The fourth-order valence-electron chi connectivity index (χ4n) is 0.957. The molecule has 0 fully saturated rings. The van der Waals surface area contributed by atoms with Crippen molar-refractivity contribution in [3.8, 4) is 0 Å². The van der Waals surface area contributed by atoms with Crippen molar-refractivity contribution >= 4 is 0 Å². The van der Waals surface area contributed by atoms with Gasteiger partial charge in [-0.05, 0) is 51.9 Å². The van der Waals surface area contributed by atoms with E-state index >= 15 is 0 Å². The molecule has 1 radical (unpaired) electrons. The molecule has 0 heterocycles. The Labute approximate surface area is 112 Å². The first-order chi connectivity index (χ1) is 6.83. The fraction of sp³-hybridized carbons (Fsp3) is 1.00. The average molecular weight is 295 g/mol. The zero-order valence-electron chi connectivity index (χ0n) is 11.1. The molecule has 0 bridgehead atoms. The second-order valence-electron chi connectivity index (χ2n) is 3.50. The smallest absolute Gasteiger partial charge is 0 e. The Morgan fingerprint density at radius 2 is 0.733 bits per heavy atom. The maximum atomic E-state index is 3.28. The molecule has 0 saturated heterocycles. The van der Waals surface area contributed by atoms with Gasteiger partial charge < -0.3 is 10.6 Å². The average Bonchev–Trinajstić information content (AvgIpc) is 2.21. The molecule has 0 aliphatic heterocycles. The molecule has 0 aliphatic carbocycles. The van der Waals surface area contributed by atoms with Gasteiger partial charge in [0.05, 0.1) is 0 Å². The van der Waals surface area contributed by atoms with Crippen LogP contribution < -0.4 is 10.6 Å². The predicted octanol–water partition coefficient (Wildman–Crippen LogP) is 2.79. The van der Waals surface area contributed by atoms with Crippen molar-refractivity contribution in [1.82, 2.24) is 10.6 Å². The molecule has 0 amide bonds. The molecule has 93 valence electrons. The van der Waals surface area contributed by atoms with Crippen molar-refractivity contribution < 1.29 is 22.4 Å². The summed E-state index contributed by atoms with van der Waals surface area (Å²) in [4.78, 5) is 0. The van der Waals surface area contributed by atoms with Crippen LogP contribution in [0.15, 0.2) is 0 Å². The van der Waals surface area contributed by atoms with E-state index in [-0.39, 0.29) is 22.4 Å². The first-order valence-corrected chi connectivity index (χ1v) is 6.24. The monoisotopic (exact) mass is 295 g/mol. The standard InChI is InChI=1S/2C6H15N.Nb/c2*1-3-5-7-6-4-2;/h2*7H,3-6H2,1-2H3;. The minimum atomic E-state index is 0. The molecule has 2 nitrogen and oxygen atoms in total. The van der Waals surface area contributed by atoms with E-state index in [0.717, 1.165) is 0 Å². The third-order valence-electron chi connectivity index (χ3n) is 1.71. The van der Waals surface area contributed by atoms with E-state index in [2.05, 4.69) is 38.3 Å². The van der Waals surface area contributed by atoms with Crippen LogP contribution in [0.5, 0.6) is 0 Å². The number of hydrogen-bond acceptors (Lipinski definition) is 2. The Bertz CT molecular complexity index is 62.0. The Morgan fingerprint density at radius 3 is 0.867 bits per heavy atom. The molecular weight excluding hydrogens is 265 g/mol. The molecule has 15 heavy (non-hydrogen) atoms. The SMILES string of the molecule is CCCNCCC.CCCNCCC.[Nb]. The summed E-state index contributed by atoms with van der Waals surface area (Å²) < 4.78 is 0. The topological polar surface area (TPSA) is 24.1 Å². The van der Waals surface area contributed by atoms with Gasteiger partial charge in [-0.25, -0.2) is 0 Å². The van der Waals surface area contributed by atoms with Gasteiger partial charge in [0.15, 0.2) is 0 Å². The van der Waals surface area contributed by atoms with Crippen LogP contribution in [0.2, 0.25) is 0 Å². The van der Waals surface area contributed by atoms with E-state index < -0.39 is 0 Å². The van der Waals surface area contributed by atoms with Crippen LogP contribution in [0.3, 0.4) is 0 Å². The first kappa shape index (κ1) is 21.0. The molecule has 0 aromatic rings. The Balaban J connectivity index is -0.000000180. The van der Waals surface area contributed by atoms with E-state index in [1.165, 1.54) is 51.9 Å². The molecule has 0 spiro atoms. The summed E-state index contributed by atoms with van der Waals surface area (Å²) >= 11 is 0. The summed E-state index contributed by atoms with van der Waals surface area (Å²) in [6, 6.07) is 0. The molecule has 0 aromatic carbocycles. The molecule has 0 saturated carbocycles. The van der Waals surface area contributed by atoms with Crippen molar-refractivity contribution in [2.45, 2.75) is 53.4 Å². The molecule has 2 N–H and O–H groups in total. The van der Waals surface area contributed by atoms with Gasteiger partial charge in [0, 0.05) is 22.4 Å². The summed E-state index contributed by atoms with van der Waals surface area (Å²) in [6.07, 6.45) is 5.00. The van der Waals surface area contributed by atoms with Crippen molar-refractivity contribution in [3.05, 3.63) is 0 Å². The van der Waals surface area contributed by atoms with Crippen LogP contribution >= 0.6 is 0 Å². The van der Waals surface area contributed by atoms with Gasteiger partial charge in [-0.2, -0.15) is 0 Å². The molecule has 3 heteroatoms. The molecular formula is C12H30N2Nb. The Kier molecular flexibility index (Phi) is 33.7. The Hall–Kier alpha value is 0.660. The normalized spacial score (nSPS) is 8.80. The van der Waals surface area contributed by atoms with E-state index in [0.29, 0.717) is 0 Å². The molecule has 0 aliphatic rings. The van der Waals surface area contributed by atoms with Crippen LogP contribution in [0.4, 0.5) is 0 Å². The van der Waals surface area contributed by atoms with Crippen LogP contribution in [-0.2, 0) is 22.4 Å². The van der Waals surface area contributed by atoms with Gasteiger partial charge in [0.25, 0.3) is 0 Å². The van der Waals surface area contributed by atoms with E-state index in [4.69, 9.17) is 0 Å². The van der Waals surface area contributed by atoms with E-state index in [1.54, 1.807) is 0 Å². The van der Waals surface area contributed by atoms with Crippen molar-refractivity contribution in [2.24, 2.45) is 0 Å². The summed E-state index contributed by atoms with van der Waals surface area (Å²) in [5.74, 6) is 0. The summed E-state index contributed by atoms with van der Waals surface area (Å²) in [5.41, 5.74) is 0. The molecule has 0 unspecified atom stereocenters. The van der Waals surface area contributed by atoms with Gasteiger partial charge >= 0.3 is 0 Å². The minimum absolute atomic E-state index is 0. The second-order valence-corrected chi connectivity index (χ2v) is 3.50. The molecule has 0 rings (SSSR count). The summed E-state index contributed by atoms with van der Waals surface area (Å²) in [6.45, 7) is 13.4. The number of nitrogens with one attached hydrogen (secondary N) is 2. The van der Waals surface area contributed by atoms with Crippen molar-refractivity contribution in [1.29, 1.82) is 0 Å². The van der Waals surface area contributed by atoms with Crippen LogP contribution in [0.1, 0.15) is 53.4 Å². The summed E-state index contributed by atoms with van der Waals surface area (Å²) in [5, 5.41) is 6.57. The summed E-state index contributed by atoms with van der Waals surface area (Å²) in [7, 11) is 0. The maximum absolute atomic E-state index is 3.28. The van der Waals surface area contributed by atoms with Gasteiger partial charge in [-0.15, -0.1) is 0 Å². The van der Waals surface area contributed by atoms with Crippen LogP contribution in [-0.4, -0.2) is 26.2 Å². The quantitative estimate of drug-likeness (QED) is 0.531. The van der Waals surface area contributed by atoms with Crippen LogP contribution in [0.25, 0.3) is 0 Å². The van der Waals surface area contributed by atoms with Gasteiger partial charge in [0.2, 0.25) is 0 Å². The van der Waals surface area contributed by atoms with E-state index in [1.807, 2.05) is 0 Å². The van der Waals surface area contributed by atoms with Gasteiger partial charge in [0.1, 0.15) is 0 Å². The van der Waals surface area contributed by atoms with Crippen LogP contribution in [0, 0.1) is 0 Å². The largest absolute Gasteiger partial charge is 0.317 e. The first-order valence-electron chi connectivity index (χ1n) is 6.24. The fourth-order valence-corrected chi connectivity index (χ4v) is 0.957. The van der Waals surface area contributed by atoms with Crippen molar-refractivity contribution in [2.75, 3.05) is 26.2 Å². The van der Waals surface area contributed by atoms with Gasteiger partial charge in [-0.3, -0.25) is 0 Å². The molecule has 0 atom stereocenters. The van der Waals surface area contributed by atoms with Crippen molar-refractivity contribution in [3.63, 3.8) is 0 Å². The zero-order valence-corrected chi connectivity index (χ0v) is 13.3. The minimum Gasteiger partial charge on any atom is -0.317 e.